The van der Waals surface area contributed by atoms with Crippen LogP contribution in [0.1, 0.15) is 18.9 Å². The average molecular weight is 544 g/mol. The molecule has 7 nitrogen and oxygen atoms in total. The van der Waals surface area contributed by atoms with Crippen LogP contribution in [0.15, 0.2) is 53.5 Å². The van der Waals surface area contributed by atoms with Crippen LogP contribution in [0.2, 0.25) is 0 Å². The van der Waals surface area contributed by atoms with Crippen LogP contribution in [0.25, 0.3) is 0 Å². The lowest BCUT2D eigenvalue weighted by molar-refractivity contribution is -0.115. The summed E-state index contributed by atoms with van der Waals surface area (Å²) in [6.07, 6.45) is 0.818. The Balaban J connectivity index is 0.00000480. The Kier molecular flexibility index (Phi) is 13.2. The second-order valence-corrected chi connectivity index (χ2v) is 6.40. The van der Waals surface area contributed by atoms with Gasteiger partial charge in [-0.2, -0.15) is 0 Å². The van der Waals surface area contributed by atoms with Crippen molar-refractivity contribution in [3.8, 4) is 5.75 Å². The Hall–Kier alpha value is -2.40. The number of nitrogens with one attached hydrogen (secondary N) is 3. The number of halogens is 2. The molecule has 1 amide bonds. The molecule has 0 atom stereocenters. The molecule has 0 saturated heterocycles. The molecular formula is C22H30FIN4O3. The Morgan fingerprint density at radius 3 is 2.42 bits per heavy atom. The number of hydrogen-bond donors (Lipinski definition) is 3. The lowest BCUT2D eigenvalue weighted by Crippen LogP contribution is -2.42. The minimum atomic E-state index is -0.352. The van der Waals surface area contributed by atoms with E-state index in [2.05, 4.69) is 20.9 Å². The van der Waals surface area contributed by atoms with Crippen LogP contribution < -0.4 is 20.7 Å². The van der Waals surface area contributed by atoms with Crippen LogP contribution in [-0.4, -0.2) is 45.3 Å². The standard InChI is InChI=1S/C22H29FN4O3.HI/c1-3-30-14-4-13-24-22(25-15-17-5-11-20(29-2)12-6-17)26-16-21(28)27-19-9-7-18(23)8-10-19;/h5-12H,3-4,13-16H2,1-2H3,(H,27,28)(H2,24,25,26);1H. The van der Waals surface area contributed by atoms with Gasteiger partial charge in [0.05, 0.1) is 20.2 Å². The molecule has 3 N–H and O–H groups in total. The monoisotopic (exact) mass is 544 g/mol. The summed E-state index contributed by atoms with van der Waals surface area (Å²) in [6.45, 7) is 4.42. The molecular weight excluding hydrogens is 514 g/mol. The number of carbonyl (C=O) groups is 1. The summed E-state index contributed by atoms with van der Waals surface area (Å²) in [7, 11) is 1.62. The van der Waals surface area contributed by atoms with Gasteiger partial charge in [0.2, 0.25) is 5.91 Å². The highest BCUT2D eigenvalue weighted by Gasteiger charge is 2.05. The summed E-state index contributed by atoms with van der Waals surface area (Å²) < 4.78 is 23.5. The lowest BCUT2D eigenvalue weighted by atomic mass is 10.2. The average Bonchev–Trinajstić information content (AvgIpc) is 2.77. The first-order valence-electron chi connectivity index (χ1n) is 9.89. The van der Waals surface area contributed by atoms with E-state index in [9.17, 15) is 9.18 Å². The number of amides is 1. The van der Waals surface area contributed by atoms with Gasteiger partial charge in [0.15, 0.2) is 5.96 Å². The number of hydrogen-bond acceptors (Lipinski definition) is 4. The van der Waals surface area contributed by atoms with Crippen LogP contribution in [-0.2, 0) is 16.1 Å². The van der Waals surface area contributed by atoms with Gasteiger partial charge in [-0.25, -0.2) is 9.38 Å². The third-order valence-corrected chi connectivity index (χ3v) is 4.09. The van der Waals surface area contributed by atoms with Gasteiger partial charge in [-0.1, -0.05) is 12.1 Å². The third-order valence-electron chi connectivity index (χ3n) is 4.09. The first kappa shape index (κ1) is 26.6. The van der Waals surface area contributed by atoms with Crippen molar-refractivity contribution in [2.45, 2.75) is 19.9 Å². The Morgan fingerprint density at radius 2 is 1.77 bits per heavy atom. The van der Waals surface area contributed by atoms with Crippen molar-refractivity contribution in [2.75, 3.05) is 38.7 Å². The van der Waals surface area contributed by atoms with Gasteiger partial charge in [-0.15, -0.1) is 24.0 Å². The van der Waals surface area contributed by atoms with Crippen molar-refractivity contribution in [3.63, 3.8) is 0 Å². The molecule has 0 heterocycles. The van der Waals surface area contributed by atoms with Crippen molar-refractivity contribution in [3.05, 3.63) is 59.9 Å². The number of ether oxygens (including phenoxy) is 2. The maximum atomic E-state index is 13.0. The Bertz CT molecular complexity index is 801. The third kappa shape index (κ3) is 11.0. The summed E-state index contributed by atoms with van der Waals surface area (Å²) in [4.78, 5) is 16.7. The molecule has 0 aromatic heterocycles. The number of nitrogens with zero attached hydrogens (tertiary/aromatic N) is 1. The van der Waals surface area contributed by atoms with Gasteiger partial charge in [0, 0.05) is 25.4 Å². The molecule has 0 aliphatic carbocycles. The number of methoxy groups -OCH3 is 1. The Labute approximate surface area is 199 Å². The van der Waals surface area contributed by atoms with E-state index >= 15 is 0 Å². The van der Waals surface area contributed by atoms with E-state index in [0.717, 1.165) is 17.7 Å². The zero-order valence-corrected chi connectivity index (χ0v) is 20.1. The highest BCUT2D eigenvalue weighted by molar-refractivity contribution is 14.0. The van der Waals surface area contributed by atoms with E-state index in [4.69, 9.17) is 9.47 Å². The maximum absolute atomic E-state index is 13.0. The van der Waals surface area contributed by atoms with Gasteiger partial charge in [-0.05, 0) is 55.3 Å². The molecule has 31 heavy (non-hydrogen) atoms. The molecule has 0 radical (unpaired) electrons. The van der Waals surface area contributed by atoms with Crippen molar-refractivity contribution in [2.24, 2.45) is 4.99 Å². The van der Waals surface area contributed by atoms with E-state index in [-0.39, 0.29) is 42.2 Å². The fraction of sp³-hybridized carbons (Fsp3) is 0.364. The van der Waals surface area contributed by atoms with Gasteiger partial charge in [0.25, 0.3) is 0 Å². The fourth-order valence-electron chi connectivity index (χ4n) is 2.50. The number of carbonyl (C=O) groups excluding carboxylic acids is 1. The molecule has 0 fully saturated rings. The second-order valence-electron chi connectivity index (χ2n) is 6.40. The maximum Gasteiger partial charge on any atom is 0.243 e. The lowest BCUT2D eigenvalue weighted by Gasteiger charge is -2.13. The van der Waals surface area contributed by atoms with Crippen molar-refractivity contribution in [1.82, 2.24) is 10.6 Å². The summed E-state index contributed by atoms with van der Waals surface area (Å²) in [5.41, 5.74) is 1.55. The molecule has 170 valence electrons. The molecule has 2 rings (SSSR count). The summed E-state index contributed by atoms with van der Waals surface area (Å²) in [5, 5.41) is 8.94. The highest BCUT2D eigenvalue weighted by atomic mass is 127. The number of guanidine groups is 1. The molecule has 0 aliphatic heterocycles. The molecule has 0 aliphatic rings. The molecule has 9 heteroatoms. The fourth-order valence-corrected chi connectivity index (χ4v) is 2.50. The first-order valence-corrected chi connectivity index (χ1v) is 9.89. The summed E-state index contributed by atoms with van der Waals surface area (Å²) in [6, 6.07) is 13.3. The number of rotatable bonds is 11. The molecule has 0 saturated carbocycles. The molecule has 2 aromatic rings. The SMILES string of the molecule is CCOCCCNC(=NCc1ccc(OC)cc1)NCC(=O)Nc1ccc(F)cc1.I. The zero-order chi connectivity index (χ0) is 21.6. The van der Waals surface area contributed by atoms with Gasteiger partial charge in [0.1, 0.15) is 11.6 Å². The predicted octanol–water partition coefficient (Wildman–Crippen LogP) is 3.55. The first-order chi connectivity index (χ1) is 14.6. The smallest absolute Gasteiger partial charge is 0.243 e. The van der Waals surface area contributed by atoms with Gasteiger partial charge < -0.3 is 25.4 Å². The highest BCUT2D eigenvalue weighted by Crippen LogP contribution is 2.12. The van der Waals surface area contributed by atoms with E-state index in [1.807, 2.05) is 31.2 Å². The minimum Gasteiger partial charge on any atom is -0.497 e. The van der Waals surface area contributed by atoms with Crippen LogP contribution in [0.3, 0.4) is 0 Å². The van der Waals surface area contributed by atoms with Crippen LogP contribution in [0, 0.1) is 5.82 Å². The van der Waals surface area contributed by atoms with Gasteiger partial charge in [-0.3, -0.25) is 4.79 Å². The summed E-state index contributed by atoms with van der Waals surface area (Å²) >= 11 is 0. The van der Waals surface area contributed by atoms with E-state index in [1.165, 1.54) is 24.3 Å². The number of benzene rings is 2. The van der Waals surface area contributed by atoms with E-state index in [0.29, 0.717) is 38.0 Å². The van der Waals surface area contributed by atoms with Crippen molar-refractivity contribution in [1.29, 1.82) is 0 Å². The number of anilines is 1. The molecule has 0 spiro atoms. The Morgan fingerprint density at radius 1 is 1.06 bits per heavy atom. The topological polar surface area (TPSA) is 84.0 Å². The minimum absolute atomic E-state index is 0. The predicted molar refractivity (Wildman–Crippen MR) is 132 cm³/mol. The van der Waals surface area contributed by atoms with Crippen LogP contribution in [0.5, 0.6) is 5.75 Å². The largest absolute Gasteiger partial charge is 0.497 e. The zero-order valence-electron chi connectivity index (χ0n) is 17.8. The molecule has 0 unspecified atom stereocenters. The number of aliphatic imine (C=N–C) groups is 1. The molecule has 2 aromatic carbocycles. The van der Waals surface area contributed by atoms with Crippen LogP contribution in [0.4, 0.5) is 10.1 Å². The van der Waals surface area contributed by atoms with E-state index in [1.54, 1.807) is 7.11 Å². The van der Waals surface area contributed by atoms with Crippen molar-refractivity contribution < 1.29 is 18.7 Å². The normalized spacial score (nSPS) is 10.7. The van der Waals surface area contributed by atoms with Crippen molar-refractivity contribution >= 4 is 41.5 Å². The van der Waals surface area contributed by atoms with Gasteiger partial charge >= 0.3 is 0 Å². The second kappa shape index (κ2) is 15.4. The van der Waals surface area contributed by atoms with Crippen LogP contribution >= 0.6 is 24.0 Å². The molecule has 0 bridgehead atoms. The quantitative estimate of drug-likeness (QED) is 0.175. The summed E-state index contributed by atoms with van der Waals surface area (Å²) in [5.74, 6) is 0.703. The van der Waals surface area contributed by atoms with E-state index < -0.39 is 0 Å².